The zero-order chi connectivity index (χ0) is 12.2. The van der Waals surface area contributed by atoms with Gasteiger partial charge >= 0.3 is 0 Å². The molecule has 0 aromatic carbocycles. The van der Waals surface area contributed by atoms with Crippen molar-refractivity contribution in [2.45, 2.75) is 6.92 Å². The van der Waals surface area contributed by atoms with Crippen LogP contribution in [0.4, 0.5) is 0 Å². The number of nitrogens with zero attached hydrogens (tertiary/aromatic N) is 2. The second-order valence-corrected chi connectivity index (χ2v) is 6.61. The number of hydrogen-bond donors (Lipinski definition) is 1. The van der Waals surface area contributed by atoms with Crippen molar-refractivity contribution in [3.63, 3.8) is 0 Å². The van der Waals surface area contributed by atoms with Crippen molar-refractivity contribution in [1.29, 1.82) is 0 Å². The molecule has 0 bridgehead atoms. The summed E-state index contributed by atoms with van der Waals surface area (Å²) >= 11 is 0. The van der Waals surface area contributed by atoms with Gasteiger partial charge in [-0.3, -0.25) is 0 Å². The van der Waals surface area contributed by atoms with Crippen molar-refractivity contribution in [3.8, 4) is 0 Å². The Balaban J connectivity index is 2.32. The Morgan fingerprint density at radius 3 is 2.25 bits per heavy atom. The summed E-state index contributed by atoms with van der Waals surface area (Å²) in [5.41, 5.74) is 0. The second kappa shape index (κ2) is 5.95. The van der Waals surface area contributed by atoms with E-state index in [9.17, 15) is 8.42 Å². The number of hydrogen-bond acceptors (Lipinski definition) is 4. The van der Waals surface area contributed by atoms with Crippen LogP contribution in [-0.2, 0) is 10.0 Å². The molecule has 1 rings (SSSR count). The molecule has 0 aromatic heterocycles. The van der Waals surface area contributed by atoms with Crippen LogP contribution in [0.1, 0.15) is 6.92 Å². The Bertz CT molecular complexity index is 297. The van der Waals surface area contributed by atoms with Gasteiger partial charge in [0.25, 0.3) is 0 Å². The fourth-order valence-electron chi connectivity index (χ4n) is 2.10. The van der Waals surface area contributed by atoms with Crippen LogP contribution in [0.3, 0.4) is 0 Å². The molecule has 96 valence electrons. The summed E-state index contributed by atoms with van der Waals surface area (Å²) in [6, 6.07) is 0. The first-order chi connectivity index (χ1) is 7.43. The fraction of sp³-hybridized carbons (Fsp3) is 1.00. The predicted molar refractivity (Wildman–Crippen MR) is 65.9 cm³/mol. The van der Waals surface area contributed by atoms with Crippen molar-refractivity contribution in [3.05, 3.63) is 0 Å². The highest BCUT2D eigenvalue weighted by molar-refractivity contribution is 7.88. The molecular weight excluding hydrogens is 226 g/mol. The smallest absolute Gasteiger partial charge is 0.211 e. The third-order valence-corrected chi connectivity index (χ3v) is 4.23. The molecule has 0 aliphatic carbocycles. The molecular formula is C10H23N3O2S. The van der Waals surface area contributed by atoms with E-state index in [4.69, 9.17) is 0 Å². The second-order valence-electron chi connectivity index (χ2n) is 4.63. The third kappa shape index (κ3) is 4.37. The van der Waals surface area contributed by atoms with Crippen molar-refractivity contribution >= 4 is 10.0 Å². The summed E-state index contributed by atoms with van der Waals surface area (Å²) < 4.78 is 24.2. The molecule has 16 heavy (non-hydrogen) atoms. The van der Waals surface area contributed by atoms with Gasteiger partial charge in [-0.2, -0.15) is 4.31 Å². The van der Waals surface area contributed by atoms with Gasteiger partial charge in [-0.15, -0.1) is 0 Å². The Hall–Kier alpha value is -0.170. The van der Waals surface area contributed by atoms with Crippen LogP contribution < -0.4 is 5.32 Å². The third-order valence-electron chi connectivity index (χ3n) is 2.92. The summed E-state index contributed by atoms with van der Waals surface area (Å²) in [4.78, 5) is 2.34. The molecule has 0 radical (unpaired) electrons. The maximum Gasteiger partial charge on any atom is 0.211 e. The number of rotatable bonds is 5. The van der Waals surface area contributed by atoms with Gasteiger partial charge in [-0.05, 0) is 19.5 Å². The average Bonchev–Trinajstić information content (AvgIpc) is 2.17. The lowest BCUT2D eigenvalue weighted by atomic mass is 10.1. The van der Waals surface area contributed by atoms with Gasteiger partial charge in [0.1, 0.15) is 0 Å². The van der Waals surface area contributed by atoms with Gasteiger partial charge in [0.15, 0.2) is 0 Å². The van der Waals surface area contributed by atoms with Gasteiger partial charge in [0.05, 0.1) is 6.26 Å². The van der Waals surface area contributed by atoms with Gasteiger partial charge < -0.3 is 10.2 Å². The van der Waals surface area contributed by atoms with E-state index in [0.717, 1.165) is 26.2 Å². The molecule has 1 heterocycles. The molecule has 0 aromatic rings. The summed E-state index contributed by atoms with van der Waals surface area (Å²) in [7, 11) is -1.04. The highest BCUT2D eigenvalue weighted by Crippen LogP contribution is 2.07. The molecule has 1 N–H and O–H groups in total. The van der Waals surface area contributed by atoms with Crippen LogP contribution in [-0.4, -0.2) is 70.2 Å². The van der Waals surface area contributed by atoms with Crippen LogP contribution >= 0.6 is 0 Å². The zero-order valence-corrected chi connectivity index (χ0v) is 11.3. The first-order valence-corrected chi connectivity index (χ1v) is 7.60. The maximum absolute atomic E-state index is 11.3. The van der Waals surface area contributed by atoms with Crippen LogP contribution in [0, 0.1) is 5.92 Å². The maximum atomic E-state index is 11.3. The van der Waals surface area contributed by atoms with Gasteiger partial charge in [-0.1, -0.05) is 6.92 Å². The highest BCUT2D eigenvalue weighted by Gasteiger charge is 2.23. The van der Waals surface area contributed by atoms with E-state index in [1.807, 2.05) is 7.05 Å². The summed E-state index contributed by atoms with van der Waals surface area (Å²) in [5.74, 6) is 0.606. The lowest BCUT2D eigenvalue weighted by Crippen LogP contribution is -2.49. The Labute approximate surface area is 98.8 Å². The molecule has 0 amide bonds. The standard InChI is InChI=1S/C10H23N3O2S/c1-10(8-11-2)9-12-4-6-13(7-5-12)16(3,14)15/h10-11H,4-9H2,1-3H3. The van der Waals surface area contributed by atoms with E-state index < -0.39 is 10.0 Å². The molecule has 6 heteroatoms. The zero-order valence-electron chi connectivity index (χ0n) is 10.4. The summed E-state index contributed by atoms with van der Waals surface area (Å²) in [6.45, 7) is 7.21. The van der Waals surface area contributed by atoms with E-state index in [0.29, 0.717) is 19.0 Å². The van der Waals surface area contributed by atoms with E-state index in [1.165, 1.54) is 6.26 Å². The molecule has 1 aliphatic rings. The fourth-order valence-corrected chi connectivity index (χ4v) is 2.92. The number of sulfonamides is 1. The minimum absolute atomic E-state index is 0.606. The topological polar surface area (TPSA) is 52.6 Å². The SMILES string of the molecule is CNCC(C)CN1CCN(S(C)(=O)=O)CC1. The Kier molecular flexibility index (Phi) is 5.17. The molecule has 0 saturated carbocycles. The highest BCUT2D eigenvalue weighted by atomic mass is 32.2. The Morgan fingerprint density at radius 2 is 1.81 bits per heavy atom. The van der Waals surface area contributed by atoms with Crippen molar-refractivity contribution in [1.82, 2.24) is 14.5 Å². The molecule has 1 fully saturated rings. The minimum Gasteiger partial charge on any atom is -0.319 e. The first-order valence-electron chi connectivity index (χ1n) is 5.75. The molecule has 1 atom stereocenters. The van der Waals surface area contributed by atoms with E-state index in [2.05, 4.69) is 17.1 Å². The van der Waals surface area contributed by atoms with E-state index in [-0.39, 0.29) is 0 Å². The van der Waals surface area contributed by atoms with Crippen molar-refractivity contribution in [2.24, 2.45) is 5.92 Å². The molecule has 1 saturated heterocycles. The quantitative estimate of drug-likeness (QED) is 0.708. The lowest BCUT2D eigenvalue weighted by Gasteiger charge is -2.34. The summed E-state index contributed by atoms with van der Waals surface area (Å²) in [6.07, 6.45) is 1.28. The van der Waals surface area contributed by atoms with Crippen molar-refractivity contribution in [2.75, 3.05) is 52.6 Å². The molecule has 0 spiro atoms. The van der Waals surface area contributed by atoms with Crippen molar-refractivity contribution < 1.29 is 8.42 Å². The van der Waals surface area contributed by atoms with E-state index in [1.54, 1.807) is 4.31 Å². The average molecular weight is 249 g/mol. The molecule has 5 nitrogen and oxygen atoms in total. The predicted octanol–water partition coefficient (Wildman–Crippen LogP) is -0.581. The number of piperazine rings is 1. The van der Waals surface area contributed by atoms with Crippen LogP contribution in [0.5, 0.6) is 0 Å². The van der Waals surface area contributed by atoms with Gasteiger partial charge in [0.2, 0.25) is 10.0 Å². The van der Waals surface area contributed by atoms with E-state index >= 15 is 0 Å². The van der Waals surface area contributed by atoms with Gasteiger partial charge in [0, 0.05) is 32.7 Å². The van der Waals surface area contributed by atoms with Crippen LogP contribution in [0.15, 0.2) is 0 Å². The number of nitrogens with one attached hydrogen (secondary N) is 1. The van der Waals surface area contributed by atoms with Crippen LogP contribution in [0.25, 0.3) is 0 Å². The molecule has 1 unspecified atom stereocenters. The minimum atomic E-state index is -2.99. The molecule has 1 aliphatic heterocycles. The normalized spacial score (nSPS) is 22.2. The first kappa shape index (κ1) is 13.9. The Morgan fingerprint density at radius 1 is 1.25 bits per heavy atom. The summed E-state index contributed by atoms with van der Waals surface area (Å²) in [5, 5.41) is 3.16. The lowest BCUT2D eigenvalue weighted by molar-refractivity contribution is 0.168. The van der Waals surface area contributed by atoms with Crippen LogP contribution in [0.2, 0.25) is 0 Å². The van der Waals surface area contributed by atoms with Gasteiger partial charge in [-0.25, -0.2) is 8.42 Å². The monoisotopic (exact) mass is 249 g/mol. The largest absolute Gasteiger partial charge is 0.319 e.